The van der Waals surface area contributed by atoms with E-state index in [-0.39, 0.29) is 11.3 Å². The summed E-state index contributed by atoms with van der Waals surface area (Å²) in [5, 5.41) is 11.1. The summed E-state index contributed by atoms with van der Waals surface area (Å²) in [6, 6.07) is 7.87. The van der Waals surface area contributed by atoms with Crippen LogP contribution >= 0.6 is 0 Å². The average Bonchev–Trinajstić information content (AvgIpc) is 3.14. The second kappa shape index (κ2) is 12.4. The molecule has 1 fully saturated rings. The summed E-state index contributed by atoms with van der Waals surface area (Å²) >= 11 is 0. The summed E-state index contributed by atoms with van der Waals surface area (Å²) in [4.78, 5) is 34.1. The molecule has 2 heterocycles. The molecule has 1 aromatic carbocycles. The number of aliphatic hydroxyl groups is 1. The molecule has 1 amide bonds. The molecule has 0 aliphatic carbocycles. The number of aliphatic hydroxyl groups excluding tert-OH is 1. The van der Waals surface area contributed by atoms with Crippen LogP contribution in [0.15, 0.2) is 48.3 Å². The molecule has 188 valence electrons. The van der Waals surface area contributed by atoms with E-state index in [2.05, 4.69) is 30.7 Å². The number of benzene rings is 1. The van der Waals surface area contributed by atoms with Crippen molar-refractivity contribution < 1.29 is 24.2 Å². The van der Waals surface area contributed by atoms with Crippen molar-refractivity contribution in [2.45, 2.75) is 39.7 Å². The van der Waals surface area contributed by atoms with Gasteiger partial charge in [-0.1, -0.05) is 33.3 Å². The highest BCUT2D eigenvalue weighted by molar-refractivity contribution is 6.46. The fourth-order valence-corrected chi connectivity index (χ4v) is 4.21. The van der Waals surface area contributed by atoms with Crippen molar-refractivity contribution in [3.63, 3.8) is 0 Å². The number of methoxy groups -OCH3 is 1. The molecule has 1 N–H and O–H groups in total. The van der Waals surface area contributed by atoms with Gasteiger partial charge in [-0.15, -0.1) is 0 Å². The van der Waals surface area contributed by atoms with E-state index in [1.165, 1.54) is 12.4 Å². The number of Topliss-reactive ketones (excluding diaryl/α,β-unsaturated/α-hetero) is 1. The molecule has 1 aromatic heterocycles. The molecule has 0 radical (unpaired) electrons. The second-order valence-corrected chi connectivity index (χ2v) is 8.37. The van der Waals surface area contributed by atoms with Crippen LogP contribution in [0.3, 0.4) is 0 Å². The van der Waals surface area contributed by atoms with Gasteiger partial charge in [0.1, 0.15) is 5.76 Å². The van der Waals surface area contributed by atoms with E-state index in [1.807, 2.05) is 6.07 Å². The number of rotatable bonds is 12. The van der Waals surface area contributed by atoms with Crippen LogP contribution in [0.1, 0.15) is 50.8 Å². The van der Waals surface area contributed by atoms with E-state index in [0.717, 1.165) is 25.9 Å². The quantitative estimate of drug-likeness (QED) is 0.212. The number of hydrogen-bond donors (Lipinski definition) is 1. The normalized spacial score (nSPS) is 17.3. The van der Waals surface area contributed by atoms with Crippen molar-refractivity contribution in [3.05, 3.63) is 59.4 Å². The first-order chi connectivity index (χ1) is 17.0. The number of pyridine rings is 1. The predicted octanol–water partition coefficient (Wildman–Crippen LogP) is 4.03. The molecule has 1 saturated heterocycles. The highest BCUT2D eigenvalue weighted by atomic mass is 16.5. The summed E-state index contributed by atoms with van der Waals surface area (Å²) in [7, 11) is 1.56. The Morgan fingerprint density at radius 2 is 1.80 bits per heavy atom. The van der Waals surface area contributed by atoms with Gasteiger partial charge in [-0.2, -0.15) is 0 Å². The lowest BCUT2D eigenvalue weighted by atomic mass is 9.95. The highest BCUT2D eigenvalue weighted by Crippen LogP contribution is 2.41. The molecule has 3 rings (SSSR count). The third-order valence-corrected chi connectivity index (χ3v) is 6.30. The fraction of sp³-hybridized carbons (Fsp3) is 0.444. The Bertz CT molecular complexity index is 1050. The van der Waals surface area contributed by atoms with E-state index >= 15 is 0 Å². The van der Waals surface area contributed by atoms with Crippen molar-refractivity contribution in [1.82, 2.24) is 14.8 Å². The molecule has 8 heteroatoms. The number of nitrogens with zero attached hydrogens (tertiary/aromatic N) is 3. The first kappa shape index (κ1) is 26.2. The lowest BCUT2D eigenvalue weighted by Gasteiger charge is -2.28. The van der Waals surface area contributed by atoms with Crippen LogP contribution in [0.2, 0.25) is 0 Å². The van der Waals surface area contributed by atoms with Crippen LogP contribution in [0.4, 0.5) is 0 Å². The Morgan fingerprint density at radius 3 is 2.43 bits per heavy atom. The summed E-state index contributed by atoms with van der Waals surface area (Å²) in [6.07, 6.45) is 5.00. The third-order valence-electron chi connectivity index (χ3n) is 6.30. The van der Waals surface area contributed by atoms with Gasteiger partial charge in [0.15, 0.2) is 11.5 Å². The number of aromatic nitrogens is 1. The number of carbonyl (C=O) groups is 2. The minimum atomic E-state index is -0.752. The predicted molar refractivity (Wildman–Crippen MR) is 134 cm³/mol. The standard InChI is InChI=1S/C27H35N3O5/c1-5-8-17-35-21-10-9-20(18-22(21)34-4)24-23(25(31)19-11-13-28-14-12-19)26(32)27(33)30(24)16-15-29(6-2)7-3/h9-14,18,24,31H,5-8,15-17H2,1-4H3. The zero-order chi connectivity index (χ0) is 25.4. The number of likely N-dealkylation sites (tertiary alicyclic amines) is 1. The number of likely N-dealkylation sites (N-methyl/N-ethyl adjacent to an activating group) is 1. The molecular weight excluding hydrogens is 446 g/mol. The molecule has 0 saturated carbocycles. The molecule has 0 bridgehead atoms. The number of ketones is 1. The SMILES string of the molecule is CCCCOc1ccc(C2C(=C(O)c3ccncc3)C(=O)C(=O)N2CCN(CC)CC)cc1OC. The van der Waals surface area contributed by atoms with Crippen LogP contribution in [0.5, 0.6) is 11.5 Å². The molecule has 1 aliphatic rings. The number of carbonyl (C=O) groups excluding carboxylic acids is 2. The van der Waals surface area contributed by atoms with E-state index in [4.69, 9.17) is 9.47 Å². The van der Waals surface area contributed by atoms with Gasteiger partial charge in [-0.25, -0.2) is 0 Å². The maximum absolute atomic E-state index is 13.2. The summed E-state index contributed by atoms with van der Waals surface area (Å²) < 4.78 is 11.4. The summed E-state index contributed by atoms with van der Waals surface area (Å²) in [6.45, 7) is 9.40. The average molecular weight is 482 g/mol. The molecule has 8 nitrogen and oxygen atoms in total. The van der Waals surface area contributed by atoms with Crippen LogP contribution < -0.4 is 9.47 Å². The smallest absolute Gasteiger partial charge is 0.295 e. The molecule has 0 spiro atoms. The first-order valence-electron chi connectivity index (χ1n) is 12.2. The van der Waals surface area contributed by atoms with Gasteiger partial charge in [-0.05, 0) is 49.3 Å². The molecule has 2 aromatic rings. The third kappa shape index (κ3) is 5.82. The van der Waals surface area contributed by atoms with E-state index < -0.39 is 17.7 Å². The minimum Gasteiger partial charge on any atom is -0.507 e. The maximum Gasteiger partial charge on any atom is 0.295 e. The van der Waals surface area contributed by atoms with E-state index in [1.54, 1.807) is 36.3 Å². The van der Waals surface area contributed by atoms with Crippen LogP contribution in [0, 0.1) is 0 Å². The Kier molecular flexibility index (Phi) is 9.25. The summed E-state index contributed by atoms with van der Waals surface area (Å²) in [5.41, 5.74) is 1.15. The lowest BCUT2D eigenvalue weighted by Crippen LogP contribution is -2.38. The van der Waals surface area contributed by atoms with Crippen LogP contribution in [0.25, 0.3) is 5.76 Å². The second-order valence-electron chi connectivity index (χ2n) is 8.37. The zero-order valence-corrected chi connectivity index (χ0v) is 21.0. The minimum absolute atomic E-state index is 0.0578. The topological polar surface area (TPSA) is 92.2 Å². The van der Waals surface area contributed by atoms with E-state index in [0.29, 0.717) is 42.3 Å². The van der Waals surface area contributed by atoms with Gasteiger partial charge >= 0.3 is 0 Å². The Hall–Kier alpha value is -3.39. The Labute approximate surface area is 207 Å². The molecule has 1 aliphatic heterocycles. The molecule has 35 heavy (non-hydrogen) atoms. The van der Waals surface area contributed by atoms with Gasteiger partial charge in [0.2, 0.25) is 0 Å². The highest BCUT2D eigenvalue weighted by Gasteiger charge is 2.46. The molecule has 1 unspecified atom stereocenters. The lowest BCUT2D eigenvalue weighted by molar-refractivity contribution is -0.140. The Balaban J connectivity index is 2.08. The first-order valence-corrected chi connectivity index (χ1v) is 12.2. The largest absolute Gasteiger partial charge is 0.507 e. The van der Waals surface area contributed by atoms with Crippen molar-refractivity contribution >= 4 is 17.4 Å². The molecule has 1 atom stereocenters. The van der Waals surface area contributed by atoms with Gasteiger partial charge in [-0.3, -0.25) is 14.6 Å². The van der Waals surface area contributed by atoms with Gasteiger partial charge < -0.3 is 24.4 Å². The van der Waals surface area contributed by atoms with E-state index in [9.17, 15) is 14.7 Å². The molecular formula is C27H35N3O5. The Morgan fingerprint density at radius 1 is 1.09 bits per heavy atom. The van der Waals surface area contributed by atoms with Crippen LogP contribution in [-0.4, -0.2) is 71.5 Å². The number of amides is 1. The fourth-order valence-electron chi connectivity index (χ4n) is 4.21. The van der Waals surface area contributed by atoms with Gasteiger partial charge in [0, 0.05) is 31.0 Å². The van der Waals surface area contributed by atoms with Crippen molar-refractivity contribution in [2.24, 2.45) is 0 Å². The number of ether oxygens (including phenoxy) is 2. The van der Waals surface area contributed by atoms with Gasteiger partial charge in [0.05, 0.1) is 25.3 Å². The number of hydrogen-bond acceptors (Lipinski definition) is 7. The van der Waals surface area contributed by atoms with Gasteiger partial charge in [0.25, 0.3) is 11.7 Å². The monoisotopic (exact) mass is 481 g/mol. The van der Waals surface area contributed by atoms with Crippen molar-refractivity contribution in [1.29, 1.82) is 0 Å². The zero-order valence-electron chi connectivity index (χ0n) is 21.0. The van der Waals surface area contributed by atoms with Crippen LogP contribution in [-0.2, 0) is 9.59 Å². The number of unbranched alkanes of at least 4 members (excludes halogenated alkanes) is 1. The summed E-state index contributed by atoms with van der Waals surface area (Å²) in [5.74, 6) is -0.440. The maximum atomic E-state index is 13.2. The van der Waals surface area contributed by atoms with Crippen molar-refractivity contribution in [2.75, 3.05) is 39.9 Å². The van der Waals surface area contributed by atoms with Crippen molar-refractivity contribution in [3.8, 4) is 11.5 Å².